The molecule has 0 spiro atoms. The molecule has 0 unspecified atom stereocenters. The first-order chi connectivity index (χ1) is 9.90. The van der Waals surface area contributed by atoms with E-state index in [0.29, 0.717) is 0 Å². The lowest BCUT2D eigenvalue weighted by Gasteiger charge is -2.17. The van der Waals surface area contributed by atoms with E-state index in [-0.39, 0.29) is 34.6 Å². The van der Waals surface area contributed by atoms with Crippen molar-refractivity contribution in [2.45, 2.75) is 0 Å². The third kappa shape index (κ3) is 1.80. The predicted molar refractivity (Wildman–Crippen MR) is 72.3 cm³/mol. The number of nitrogens with one attached hydrogen (secondary N) is 3. The van der Waals surface area contributed by atoms with Gasteiger partial charge in [0.05, 0.1) is 0 Å². The van der Waals surface area contributed by atoms with Crippen molar-refractivity contribution >= 4 is 17.4 Å². The molecule has 110 valence electrons. The highest BCUT2D eigenvalue weighted by Crippen LogP contribution is 2.39. The first kappa shape index (κ1) is 13.0. The lowest BCUT2D eigenvalue weighted by atomic mass is 10.3. The van der Waals surface area contributed by atoms with Crippen LogP contribution in [-0.4, -0.2) is 44.9 Å². The minimum Gasteiger partial charge on any atom is -0.443 e. The van der Waals surface area contributed by atoms with Gasteiger partial charge in [-0.3, -0.25) is 29.3 Å². The fraction of sp³-hybridized carbons (Fsp3) is 0.273. The molecule has 0 fully saturated rings. The van der Waals surface area contributed by atoms with Crippen LogP contribution in [0.5, 0.6) is 11.5 Å². The Morgan fingerprint density at radius 3 is 2.52 bits per heavy atom. The highest BCUT2D eigenvalue weighted by Gasteiger charge is 2.32. The number of hydrogen-bond donors (Lipinski definition) is 3. The summed E-state index contributed by atoms with van der Waals surface area (Å²) < 4.78 is 6.78. The van der Waals surface area contributed by atoms with E-state index in [0.717, 1.165) is 0 Å². The zero-order valence-electron chi connectivity index (χ0n) is 11.5. The summed E-state index contributed by atoms with van der Waals surface area (Å²) in [6.45, 7) is 0. The molecule has 0 saturated heterocycles. The Morgan fingerprint density at radius 1 is 1.19 bits per heavy atom. The number of nitrogens with zero attached hydrogens (tertiary/aromatic N) is 3. The van der Waals surface area contributed by atoms with Crippen LogP contribution in [0.2, 0.25) is 0 Å². The van der Waals surface area contributed by atoms with E-state index in [1.54, 1.807) is 21.1 Å². The van der Waals surface area contributed by atoms with E-state index >= 15 is 0 Å². The van der Waals surface area contributed by atoms with Crippen molar-refractivity contribution in [3.8, 4) is 11.5 Å². The Morgan fingerprint density at radius 2 is 1.86 bits per heavy atom. The van der Waals surface area contributed by atoms with Crippen LogP contribution in [0.25, 0.3) is 0 Å². The highest BCUT2D eigenvalue weighted by atomic mass is 16.5. The van der Waals surface area contributed by atoms with Gasteiger partial charge < -0.3 is 15.0 Å². The summed E-state index contributed by atoms with van der Waals surface area (Å²) in [5.41, 5.74) is -1.04. The summed E-state index contributed by atoms with van der Waals surface area (Å²) in [5, 5.41) is 11.1. The first-order valence-electron chi connectivity index (χ1n) is 5.98. The number of carbonyl (C=O) groups excluding carboxylic acids is 1. The first-order valence-corrected chi connectivity index (χ1v) is 5.98. The molecule has 2 aromatic rings. The molecule has 3 N–H and O–H groups in total. The van der Waals surface area contributed by atoms with E-state index in [4.69, 9.17) is 4.74 Å². The molecule has 0 aliphatic carbocycles. The second kappa shape index (κ2) is 4.23. The smallest absolute Gasteiger partial charge is 0.307 e. The minimum absolute atomic E-state index is 0.0480. The van der Waals surface area contributed by atoms with Crippen LogP contribution >= 0.6 is 0 Å². The number of hydrogen-bond acceptors (Lipinski definition) is 6. The van der Waals surface area contributed by atoms with Gasteiger partial charge >= 0.3 is 5.56 Å². The lowest BCUT2D eigenvalue weighted by Crippen LogP contribution is -2.27. The van der Waals surface area contributed by atoms with Gasteiger partial charge in [-0.2, -0.15) is 5.10 Å². The summed E-state index contributed by atoms with van der Waals surface area (Å²) >= 11 is 0. The lowest BCUT2D eigenvalue weighted by molar-refractivity contribution is 0.0814. The van der Waals surface area contributed by atoms with Crippen LogP contribution in [0.1, 0.15) is 10.5 Å². The number of rotatable bonds is 1. The van der Waals surface area contributed by atoms with Gasteiger partial charge in [0.15, 0.2) is 17.2 Å². The molecule has 1 aliphatic heterocycles. The molecule has 0 radical (unpaired) electrons. The second-order valence-corrected chi connectivity index (χ2v) is 4.69. The maximum atomic E-state index is 12.2. The van der Waals surface area contributed by atoms with Gasteiger partial charge in [0.1, 0.15) is 0 Å². The molecular formula is C11H12N6O4. The quantitative estimate of drug-likeness (QED) is 0.547. The van der Waals surface area contributed by atoms with Crippen LogP contribution in [0, 0.1) is 0 Å². The number of aromatic amines is 2. The van der Waals surface area contributed by atoms with E-state index < -0.39 is 11.1 Å². The fourth-order valence-corrected chi connectivity index (χ4v) is 2.01. The highest BCUT2D eigenvalue weighted by molar-refractivity contribution is 5.97. The summed E-state index contributed by atoms with van der Waals surface area (Å²) in [4.78, 5) is 36.9. The van der Waals surface area contributed by atoms with E-state index in [1.165, 1.54) is 9.58 Å². The molecular weight excluding hydrogens is 280 g/mol. The molecule has 3 rings (SSSR count). The Kier molecular flexibility index (Phi) is 2.61. The van der Waals surface area contributed by atoms with Crippen molar-refractivity contribution in [2.75, 3.05) is 19.4 Å². The maximum absolute atomic E-state index is 12.2. The predicted octanol–water partition coefficient (Wildman–Crippen LogP) is -0.652. The molecule has 1 aliphatic rings. The number of H-pyrrole nitrogens is 2. The molecule has 10 nitrogen and oxygen atoms in total. The zero-order chi connectivity index (χ0) is 15.3. The normalized spacial score (nSPS) is 12.0. The second-order valence-electron chi connectivity index (χ2n) is 4.69. The van der Waals surface area contributed by atoms with Crippen molar-refractivity contribution in [1.82, 2.24) is 24.9 Å². The number of aromatic nitrogens is 4. The van der Waals surface area contributed by atoms with Gasteiger partial charge in [0.2, 0.25) is 11.5 Å². The Balaban J connectivity index is 2.20. The zero-order valence-corrected chi connectivity index (χ0v) is 11.5. The van der Waals surface area contributed by atoms with Gasteiger partial charge in [0.25, 0.3) is 11.5 Å². The average Bonchev–Trinajstić information content (AvgIpc) is 2.75. The largest absolute Gasteiger partial charge is 0.443 e. The monoisotopic (exact) mass is 292 g/mol. The average molecular weight is 292 g/mol. The Hall–Kier alpha value is -3.04. The molecule has 21 heavy (non-hydrogen) atoms. The summed E-state index contributed by atoms with van der Waals surface area (Å²) in [6.07, 6.45) is 0. The van der Waals surface area contributed by atoms with Gasteiger partial charge in [-0.1, -0.05) is 0 Å². The van der Waals surface area contributed by atoms with Gasteiger partial charge in [-0.05, 0) is 0 Å². The van der Waals surface area contributed by atoms with Crippen molar-refractivity contribution in [1.29, 1.82) is 0 Å². The van der Waals surface area contributed by atoms with Crippen molar-refractivity contribution in [3.63, 3.8) is 0 Å². The van der Waals surface area contributed by atoms with Crippen molar-refractivity contribution < 1.29 is 9.53 Å². The van der Waals surface area contributed by atoms with Crippen LogP contribution < -0.4 is 21.2 Å². The molecule has 0 bridgehead atoms. The van der Waals surface area contributed by atoms with Crippen LogP contribution in [-0.2, 0) is 7.05 Å². The van der Waals surface area contributed by atoms with Crippen LogP contribution in [0.15, 0.2) is 9.59 Å². The number of carbonyl (C=O) groups is 1. The Labute approximate surface area is 117 Å². The number of amides is 1. The van der Waals surface area contributed by atoms with Crippen molar-refractivity contribution in [2.24, 2.45) is 7.05 Å². The summed E-state index contributed by atoms with van der Waals surface area (Å²) in [7, 11) is 4.74. The van der Waals surface area contributed by atoms with Crippen molar-refractivity contribution in [3.05, 3.63) is 26.4 Å². The topological polar surface area (TPSA) is 125 Å². The molecule has 0 aromatic carbocycles. The maximum Gasteiger partial charge on any atom is 0.307 e. The van der Waals surface area contributed by atoms with Gasteiger partial charge in [-0.25, -0.2) is 0 Å². The van der Waals surface area contributed by atoms with Gasteiger partial charge in [-0.15, -0.1) is 0 Å². The molecule has 0 atom stereocenters. The van der Waals surface area contributed by atoms with E-state index in [2.05, 4.69) is 20.6 Å². The molecule has 2 aromatic heterocycles. The number of aryl methyl sites for hydroxylation is 1. The number of ether oxygens (including phenoxy) is 1. The summed E-state index contributed by atoms with van der Waals surface area (Å²) in [6, 6.07) is 0. The minimum atomic E-state index is -0.616. The Bertz CT molecular complexity index is 859. The van der Waals surface area contributed by atoms with Gasteiger partial charge in [0, 0.05) is 21.1 Å². The number of anilines is 2. The van der Waals surface area contributed by atoms with E-state index in [9.17, 15) is 14.4 Å². The fourth-order valence-electron chi connectivity index (χ4n) is 2.01. The standard InChI is InChI=1S/C11H12N6O4/c1-16(2)11(20)5-7-8(15-17(5)3)12-4-6(21-7)10(19)14-13-9(4)18/h1-3H3,(H,12,15)(H,13,18)(H,14,19). The van der Waals surface area contributed by atoms with Crippen LogP contribution in [0.4, 0.5) is 11.5 Å². The SMILES string of the molecule is CN(C)C(=O)c1c2c(nn1C)Nc1c(c(=O)[nH][nH]c1=O)O2. The summed E-state index contributed by atoms with van der Waals surface area (Å²) in [5.74, 6) is -0.226. The van der Waals surface area contributed by atoms with E-state index in [1.807, 2.05) is 0 Å². The molecule has 3 heterocycles. The molecule has 10 heteroatoms. The third-order valence-electron chi connectivity index (χ3n) is 3.01. The molecule has 0 saturated carbocycles. The molecule has 1 amide bonds. The van der Waals surface area contributed by atoms with Crippen LogP contribution in [0.3, 0.4) is 0 Å². The third-order valence-corrected chi connectivity index (χ3v) is 3.01. The number of fused-ring (bicyclic) bond motifs is 2.